The minimum atomic E-state index is -0.686. The summed E-state index contributed by atoms with van der Waals surface area (Å²) in [5, 5.41) is 3.83. The van der Waals surface area contributed by atoms with Gasteiger partial charge in [-0.1, -0.05) is 79.5 Å². The number of aldehydes is 1. The Morgan fingerprint density at radius 1 is 0.957 bits per heavy atom. The van der Waals surface area contributed by atoms with Crippen LogP contribution in [0, 0.1) is 17.7 Å². The third-order valence-corrected chi connectivity index (χ3v) is 9.56. The Hall–Kier alpha value is -3.59. The number of likely N-dealkylation sites (N-methyl/N-ethyl adjacent to an activating group) is 1. The summed E-state index contributed by atoms with van der Waals surface area (Å²) in [5.74, 6) is -0.291. The second kappa shape index (κ2) is 17.5. The Morgan fingerprint density at radius 3 is 2.15 bits per heavy atom. The molecule has 47 heavy (non-hydrogen) atoms. The first-order valence-corrected chi connectivity index (χ1v) is 17.0. The maximum Gasteiger partial charge on any atom is 0.245 e. The normalized spacial score (nSPS) is 19.2. The Labute approximate surface area is 284 Å². The molecule has 1 heterocycles. The fourth-order valence-corrected chi connectivity index (χ4v) is 6.96. The van der Waals surface area contributed by atoms with Crippen LogP contribution in [0.2, 0.25) is 5.02 Å². The molecule has 0 spiro atoms. The van der Waals surface area contributed by atoms with E-state index in [1.165, 1.54) is 24.1 Å². The molecule has 4 unspecified atom stereocenters. The fourth-order valence-electron chi connectivity index (χ4n) is 6.83. The van der Waals surface area contributed by atoms with E-state index in [2.05, 4.69) is 40.2 Å². The number of amides is 2. The molecule has 0 aromatic heterocycles. The lowest BCUT2D eigenvalue weighted by Gasteiger charge is -2.41. The van der Waals surface area contributed by atoms with E-state index in [0.29, 0.717) is 56.2 Å². The van der Waals surface area contributed by atoms with Crippen molar-refractivity contribution in [2.24, 2.45) is 11.8 Å². The maximum absolute atomic E-state index is 14.8. The molecule has 2 amide bonds. The van der Waals surface area contributed by atoms with Gasteiger partial charge in [0.2, 0.25) is 11.8 Å². The second-order valence-corrected chi connectivity index (χ2v) is 13.2. The van der Waals surface area contributed by atoms with Gasteiger partial charge in [-0.2, -0.15) is 0 Å². The van der Waals surface area contributed by atoms with Crippen LogP contribution in [0.15, 0.2) is 72.8 Å². The first-order valence-electron chi connectivity index (χ1n) is 16.6. The van der Waals surface area contributed by atoms with Gasteiger partial charge < -0.3 is 19.9 Å². The van der Waals surface area contributed by atoms with Gasteiger partial charge in [0.25, 0.3) is 0 Å². The van der Waals surface area contributed by atoms with Gasteiger partial charge in [0.1, 0.15) is 18.1 Å². The van der Waals surface area contributed by atoms with Gasteiger partial charge in [-0.25, -0.2) is 4.39 Å². The van der Waals surface area contributed by atoms with Gasteiger partial charge in [0.05, 0.1) is 6.04 Å². The van der Waals surface area contributed by atoms with Crippen LogP contribution in [0.5, 0.6) is 0 Å². The summed E-state index contributed by atoms with van der Waals surface area (Å²) in [6, 6.07) is 22.0. The summed E-state index contributed by atoms with van der Waals surface area (Å²) < 4.78 is 14.8. The smallest absolute Gasteiger partial charge is 0.245 e. The predicted molar refractivity (Wildman–Crippen MR) is 186 cm³/mol. The van der Waals surface area contributed by atoms with Crippen molar-refractivity contribution in [2.45, 2.75) is 51.6 Å². The van der Waals surface area contributed by atoms with Crippen LogP contribution in [-0.4, -0.2) is 85.7 Å². The summed E-state index contributed by atoms with van der Waals surface area (Å²) >= 11 is 6.14. The lowest BCUT2D eigenvalue weighted by Crippen LogP contribution is -2.57. The Balaban J connectivity index is 0.00000160. The number of piperazine rings is 1. The SMILES string of the molecule is CC=O.CCC1Cc2ccccc2CC1C(=O)NC(Cc1ccc(Cl)cc1)C(=O)N1CCN(C(CN(C)C)c2ccccc2F)CC1. The van der Waals surface area contributed by atoms with Crippen LogP contribution >= 0.6 is 11.6 Å². The molecule has 1 N–H and O–H groups in total. The van der Waals surface area contributed by atoms with Crippen molar-refractivity contribution in [1.82, 2.24) is 20.0 Å². The summed E-state index contributed by atoms with van der Waals surface area (Å²) in [4.78, 5) is 43.0. The molecule has 5 rings (SSSR count). The minimum Gasteiger partial charge on any atom is -0.344 e. The molecule has 1 saturated heterocycles. The number of hydrogen-bond acceptors (Lipinski definition) is 5. The summed E-state index contributed by atoms with van der Waals surface area (Å²) in [6.07, 6.45) is 3.60. The fraction of sp³-hybridized carbons (Fsp3) is 0.447. The van der Waals surface area contributed by atoms with E-state index in [1.54, 1.807) is 6.07 Å². The van der Waals surface area contributed by atoms with Crippen LogP contribution in [-0.2, 0) is 33.6 Å². The van der Waals surface area contributed by atoms with Gasteiger partial charge in [-0.15, -0.1) is 0 Å². The molecule has 2 aliphatic rings. The predicted octanol–water partition coefficient (Wildman–Crippen LogP) is 5.60. The lowest BCUT2D eigenvalue weighted by molar-refractivity contribution is -0.139. The number of fused-ring (bicyclic) bond motifs is 1. The van der Waals surface area contributed by atoms with Crippen LogP contribution in [0.3, 0.4) is 0 Å². The number of nitrogens with zero attached hydrogens (tertiary/aromatic N) is 3. The molecule has 0 bridgehead atoms. The third-order valence-electron chi connectivity index (χ3n) is 9.31. The zero-order valence-corrected chi connectivity index (χ0v) is 28.8. The molecular formula is C38H48ClFN4O3. The van der Waals surface area contributed by atoms with Crippen molar-refractivity contribution < 1.29 is 18.8 Å². The molecule has 1 fully saturated rings. The van der Waals surface area contributed by atoms with Crippen molar-refractivity contribution in [2.75, 3.05) is 46.8 Å². The number of carbonyl (C=O) groups is 3. The summed E-state index contributed by atoms with van der Waals surface area (Å²) in [6.45, 7) is 6.53. The van der Waals surface area contributed by atoms with E-state index in [9.17, 15) is 14.0 Å². The van der Waals surface area contributed by atoms with E-state index >= 15 is 0 Å². The highest BCUT2D eigenvalue weighted by atomic mass is 35.5. The zero-order valence-electron chi connectivity index (χ0n) is 28.0. The average molecular weight is 663 g/mol. The third kappa shape index (κ3) is 9.72. The van der Waals surface area contributed by atoms with Gasteiger partial charge in [0, 0.05) is 55.6 Å². The maximum atomic E-state index is 14.8. The largest absolute Gasteiger partial charge is 0.344 e. The van der Waals surface area contributed by atoms with Crippen molar-refractivity contribution in [1.29, 1.82) is 0 Å². The number of halogens is 2. The molecule has 1 aliphatic carbocycles. The Morgan fingerprint density at radius 2 is 1.55 bits per heavy atom. The number of rotatable bonds is 10. The number of benzene rings is 3. The van der Waals surface area contributed by atoms with Crippen molar-refractivity contribution in [3.63, 3.8) is 0 Å². The molecule has 7 nitrogen and oxygen atoms in total. The summed E-state index contributed by atoms with van der Waals surface area (Å²) in [5.41, 5.74) is 4.15. The van der Waals surface area contributed by atoms with E-state index in [1.807, 2.05) is 61.5 Å². The quantitative estimate of drug-likeness (QED) is 0.286. The second-order valence-electron chi connectivity index (χ2n) is 12.7. The van der Waals surface area contributed by atoms with Crippen molar-refractivity contribution in [3.05, 3.63) is 106 Å². The van der Waals surface area contributed by atoms with Gasteiger partial charge >= 0.3 is 0 Å². The van der Waals surface area contributed by atoms with E-state index < -0.39 is 6.04 Å². The topological polar surface area (TPSA) is 73.0 Å². The first kappa shape index (κ1) is 36.2. The van der Waals surface area contributed by atoms with Crippen molar-refractivity contribution in [3.8, 4) is 0 Å². The van der Waals surface area contributed by atoms with Crippen LogP contribution in [0.25, 0.3) is 0 Å². The van der Waals surface area contributed by atoms with Crippen molar-refractivity contribution >= 4 is 29.7 Å². The van der Waals surface area contributed by atoms with E-state index in [0.717, 1.165) is 24.7 Å². The molecule has 252 valence electrons. The molecular weight excluding hydrogens is 615 g/mol. The van der Waals surface area contributed by atoms with Crippen LogP contribution < -0.4 is 5.32 Å². The summed E-state index contributed by atoms with van der Waals surface area (Å²) in [7, 11) is 3.98. The Kier molecular flexibility index (Phi) is 13.5. The molecule has 9 heteroatoms. The average Bonchev–Trinajstić information content (AvgIpc) is 3.07. The number of hydrogen-bond donors (Lipinski definition) is 1. The monoisotopic (exact) mass is 662 g/mol. The standard InChI is InChI=1S/C36H44ClFN4O2.C2H4O/c1-4-26-22-27-9-5-6-10-28(27)23-31(26)35(43)39-33(21-25-13-15-29(37)16-14-25)36(44)42-19-17-41(18-20-42)34(24-40(2)3)30-11-7-8-12-32(30)38;1-2-3/h5-16,26,31,33-34H,4,17-24H2,1-3H3,(H,39,43);2H,1H3. The van der Waals surface area contributed by atoms with Crippen LogP contribution in [0.4, 0.5) is 4.39 Å². The van der Waals surface area contributed by atoms with Gasteiger partial charge in [0.15, 0.2) is 0 Å². The molecule has 3 aromatic carbocycles. The molecule has 1 aliphatic heterocycles. The highest BCUT2D eigenvalue weighted by Gasteiger charge is 2.36. The molecule has 0 saturated carbocycles. The first-order chi connectivity index (χ1) is 22.6. The molecule has 3 aromatic rings. The molecule has 0 radical (unpaired) electrons. The highest BCUT2D eigenvalue weighted by Crippen LogP contribution is 2.33. The van der Waals surface area contributed by atoms with E-state index in [-0.39, 0.29) is 35.5 Å². The Bertz CT molecular complexity index is 1480. The minimum absolute atomic E-state index is 0.0529. The van der Waals surface area contributed by atoms with E-state index in [4.69, 9.17) is 16.4 Å². The highest BCUT2D eigenvalue weighted by molar-refractivity contribution is 6.30. The number of nitrogens with one attached hydrogen (secondary N) is 1. The number of carbonyl (C=O) groups excluding carboxylic acids is 3. The van der Waals surface area contributed by atoms with Gasteiger partial charge in [-0.3, -0.25) is 14.5 Å². The molecule has 4 atom stereocenters. The lowest BCUT2D eigenvalue weighted by atomic mass is 9.74. The van der Waals surface area contributed by atoms with Crippen LogP contribution in [0.1, 0.15) is 48.6 Å². The zero-order chi connectivity index (χ0) is 33.9. The van der Waals surface area contributed by atoms with Gasteiger partial charge in [-0.05, 0) is 74.7 Å².